The number of aryl methyl sites for hydroxylation is 1. The summed E-state index contributed by atoms with van der Waals surface area (Å²) in [4.78, 5) is 13.8. The molecule has 0 saturated carbocycles. The van der Waals surface area contributed by atoms with E-state index in [0.29, 0.717) is 22.0 Å². The van der Waals surface area contributed by atoms with E-state index in [1.54, 1.807) is 12.1 Å². The van der Waals surface area contributed by atoms with Crippen LogP contribution >= 0.6 is 23.2 Å². The number of alkyl halides is 1. The van der Waals surface area contributed by atoms with Gasteiger partial charge in [-0.3, -0.25) is 14.1 Å². The van der Waals surface area contributed by atoms with E-state index < -0.39 is 5.91 Å². The highest BCUT2D eigenvalue weighted by atomic mass is 35.5. The number of likely N-dealkylation sites (tertiary alicyclic amines) is 1. The molecule has 7 heteroatoms. The number of ether oxygens (including phenoxy) is 1. The van der Waals surface area contributed by atoms with Crippen LogP contribution in [0.15, 0.2) is 84.9 Å². The Labute approximate surface area is 268 Å². The SMILES string of the molecule is NC(=O)c1ccc(-c2ccc3c(c2)CCCC(c2ccc(Cl)cc2Cl)=C3c2ccc(O[C@H]3CCN(CCCF)C3)cc2)cc1. The van der Waals surface area contributed by atoms with Crippen LogP contribution in [0.1, 0.15) is 58.3 Å². The molecule has 1 saturated heterocycles. The molecule has 0 radical (unpaired) electrons. The first-order valence-corrected chi connectivity index (χ1v) is 15.9. The number of hydrogen-bond acceptors (Lipinski definition) is 3. The fraction of sp³-hybridized carbons (Fsp3) is 0.270. The average molecular weight is 630 g/mol. The second-order valence-corrected chi connectivity index (χ2v) is 12.4. The molecule has 4 nitrogen and oxygen atoms in total. The van der Waals surface area contributed by atoms with Crippen molar-refractivity contribution < 1.29 is 13.9 Å². The zero-order valence-electron chi connectivity index (χ0n) is 24.5. The summed E-state index contributed by atoms with van der Waals surface area (Å²) in [6, 6.07) is 28.1. The lowest BCUT2D eigenvalue weighted by atomic mass is 9.87. The maximum absolute atomic E-state index is 12.6. The number of halogens is 3. The Balaban J connectivity index is 1.36. The number of carbonyl (C=O) groups excluding carboxylic acids is 1. The number of hydrogen-bond donors (Lipinski definition) is 1. The number of rotatable bonds is 9. The normalized spacial score (nSPS) is 16.9. The molecule has 4 aromatic rings. The number of fused-ring (bicyclic) bond motifs is 1. The quantitative estimate of drug-likeness (QED) is 0.201. The van der Waals surface area contributed by atoms with Gasteiger partial charge in [-0.1, -0.05) is 71.7 Å². The van der Waals surface area contributed by atoms with Crippen LogP contribution in [0.5, 0.6) is 5.75 Å². The van der Waals surface area contributed by atoms with E-state index >= 15 is 0 Å². The summed E-state index contributed by atoms with van der Waals surface area (Å²) < 4.78 is 19.0. The molecule has 6 rings (SSSR count). The number of allylic oxidation sites excluding steroid dienone is 1. The molecule has 1 aliphatic carbocycles. The highest BCUT2D eigenvalue weighted by Crippen LogP contribution is 2.43. The molecule has 1 amide bonds. The van der Waals surface area contributed by atoms with Gasteiger partial charge in [-0.2, -0.15) is 0 Å². The second-order valence-electron chi connectivity index (χ2n) is 11.5. The van der Waals surface area contributed by atoms with Gasteiger partial charge in [-0.05, 0) is 113 Å². The van der Waals surface area contributed by atoms with Crippen molar-refractivity contribution in [1.29, 1.82) is 0 Å². The van der Waals surface area contributed by atoms with Gasteiger partial charge in [0.05, 0.1) is 6.67 Å². The zero-order chi connectivity index (χ0) is 30.6. The van der Waals surface area contributed by atoms with Gasteiger partial charge in [0.1, 0.15) is 11.9 Å². The van der Waals surface area contributed by atoms with Crippen molar-refractivity contribution in [2.24, 2.45) is 5.73 Å². The molecule has 0 unspecified atom stereocenters. The van der Waals surface area contributed by atoms with Crippen LogP contribution < -0.4 is 10.5 Å². The van der Waals surface area contributed by atoms with Gasteiger partial charge < -0.3 is 10.5 Å². The predicted octanol–water partition coefficient (Wildman–Crippen LogP) is 8.87. The molecule has 0 bridgehead atoms. The zero-order valence-corrected chi connectivity index (χ0v) is 26.0. The maximum atomic E-state index is 12.6. The predicted molar refractivity (Wildman–Crippen MR) is 178 cm³/mol. The van der Waals surface area contributed by atoms with Crippen LogP contribution in [0.2, 0.25) is 10.0 Å². The van der Waals surface area contributed by atoms with Crippen LogP contribution in [0.25, 0.3) is 22.3 Å². The topological polar surface area (TPSA) is 55.6 Å². The summed E-state index contributed by atoms with van der Waals surface area (Å²) >= 11 is 13.1. The molecular weight excluding hydrogens is 594 g/mol. The lowest BCUT2D eigenvalue weighted by Crippen LogP contribution is -2.26. The minimum atomic E-state index is -0.433. The molecule has 226 valence electrons. The maximum Gasteiger partial charge on any atom is 0.248 e. The van der Waals surface area contributed by atoms with Crippen molar-refractivity contribution in [2.45, 2.75) is 38.2 Å². The highest BCUT2D eigenvalue weighted by Gasteiger charge is 2.25. The first-order valence-electron chi connectivity index (χ1n) is 15.2. The van der Waals surface area contributed by atoms with Crippen LogP contribution in [-0.4, -0.2) is 43.2 Å². The van der Waals surface area contributed by atoms with Gasteiger partial charge in [-0.25, -0.2) is 0 Å². The summed E-state index contributed by atoms with van der Waals surface area (Å²) in [6.45, 7) is 2.26. The number of nitrogens with two attached hydrogens (primary N) is 1. The summed E-state index contributed by atoms with van der Waals surface area (Å²) in [7, 11) is 0. The standard InChI is InChI=1S/C37H35Cl2FN2O2/c38-29-12-16-33(35(39)22-29)34-4-1-3-28-21-27(24-5-7-26(8-6-24)37(41)43)11-15-32(28)36(34)25-9-13-30(14-10-25)44-31-17-20-42(23-31)19-2-18-40/h5-16,21-22,31H,1-4,17-20,23H2,(H2,41,43)/t31-/m0/s1. The van der Waals surface area contributed by atoms with Crippen LogP contribution in [0, 0.1) is 0 Å². The summed E-state index contributed by atoms with van der Waals surface area (Å²) in [5.74, 6) is 0.401. The van der Waals surface area contributed by atoms with Crippen LogP contribution in [0.3, 0.4) is 0 Å². The van der Waals surface area contributed by atoms with E-state index in [1.807, 2.05) is 42.5 Å². The van der Waals surface area contributed by atoms with Gasteiger partial charge in [0.2, 0.25) is 5.91 Å². The van der Waals surface area contributed by atoms with Gasteiger partial charge >= 0.3 is 0 Å². The molecule has 44 heavy (non-hydrogen) atoms. The van der Waals surface area contributed by atoms with Gasteiger partial charge in [0.15, 0.2) is 0 Å². The Hall–Kier alpha value is -3.64. The van der Waals surface area contributed by atoms with Gasteiger partial charge in [0, 0.05) is 35.2 Å². The lowest BCUT2D eigenvalue weighted by Gasteiger charge is -2.19. The van der Waals surface area contributed by atoms with E-state index in [1.165, 1.54) is 16.7 Å². The molecule has 0 spiro atoms. The monoisotopic (exact) mass is 628 g/mol. The largest absolute Gasteiger partial charge is 0.489 e. The second kappa shape index (κ2) is 13.6. The highest BCUT2D eigenvalue weighted by molar-refractivity contribution is 6.36. The number of benzene rings is 4. The fourth-order valence-electron chi connectivity index (χ4n) is 6.40. The van der Waals surface area contributed by atoms with E-state index in [2.05, 4.69) is 35.2 Å². The summed E-state index contributed by atoms with van der Waals surface area (Å²) in [5.41, 5.74) is 14.9. The lowest BCUT2D eigenvalue weighted by molar-refractivity contribution is 0.100. The Bertz CT molecular complexity index is 1690. The molecule has 1 aliphatic heterocycles. The minimum Gasteiger partial charge on any atom is -0.489 e. The van der Waals surface area contributed by atoms with Crippen LogP contribution in [0.4, 0.5) is 4.39 Å². The fourth-order valence-corrected chi connectivity index (χ4v) is 6.92. The van der Waals surface area contributed by atoms with Crippen molar-refractivity contribution >= 4 is 40.3 Å². The molecule has 2 aliphatic rings. The smallest absolute Gasteiger partial charge is 0.248 e. The van der Waals surface area contributed by atoms with Crippen molar-refractivity contribution in [2.75, 3.05) is 26.3 Å². The number of carbonyl (C=O) groups is 1. The van der Waals surface area contributed by atoms with Crippen molar-refractivity contribution in [3.63, 3.8) is 0 Å². The third-order valence-electron chi connectivity index (χ3n) is 8.59. The van der Waals surface area contributed by atoms with Gasteiger partial charge in [0.25, 0.3) is 0 Å². The Morgan fingerprint density at radius 1 is 0.886 bits per heavy atom. The van der Waals surface area contributed by atoms with Crippen molar-refractivity contribution in [1.82, 2.24) is 4.90 Å². The van der Waals surface area contributed by atoms with E-state index in [9.17, 15) is 9.18 Å². The van der Waals surface area contributed by atoms with Crippen molar-refractivity contribution in [3.8, 4) is 16.9 Å². The first kappa shape index (κ1) is 30.4. The molecule has 1 fully saturated rings. The third-order valence-corrected chi connectivity index (χ3v) is 9.14. The number of nitrogens with zero attached hydrogens (tertiary/aromatic N) is 1. The first-order chi connectivity index (χ1) is 21.4. The van der Waals surface area contributed by atoms with Crippen molar-refractivity contribution in [3.05, 3.63) is 123 Å². The van der Waals surface area contributed by atoms with Gasteiger partial charge in [-0.15, -0.1) is 0 Å². The summed E-state index contributed by atoms with van der Waals surface area (Å²) in [5, 5.41) is 1.25. The summed E-state index contributed by atoms with van der Waals surface area (Å²) in [6.07, 6.45) is 4.37. The molecular formula is C37H35Cl2FN2O2. The molecule has 4 aromatic carbocycles. The number of amides is 1. The minimum absolute atomic E-state index is 0.108. The average Bonchev–Trinajstić information content (AvgIpc) is 3.39. The molecule has 2 N–H and O–H groups in total. The van der Waals surface area contributed by atoms with E-state index in [4.69, 9.17) is 33.7 Å². The molecule has 0 aromatic heterocycles. The number of primary amides is 1. The van der Waals surface area contributed by atoms with Crippen LogP contribution in [-0.2, 0) is 6.42 Å². The Morgan fingerprint density at radius 3 is 2.34 bits per heavy atom. The third kappa shape index (κ3) is 6.71. The Kier molecular flexibility index (Phi) is 9.36. The van der Waals surface area contributed by atoms with E-state index in [0.717, 1.165) is 78.9 Å². The molecule has 1 atom stereocenters. The Morgan fingerprint density at radius 2 is 1.61 bits per heavy atom. The van der Waals surface area contributed by atoms with E-state index in [-0.39, 0.29) is 12.8 Å². The molecule has 1 heterocycles.